The molecule has 160 valence electrons. The third-order valence-corrected chi connectivity index (χ3v) is 5.90. The number of hydrogen-bond donors (Lipinski definition) is 1. The molecule has 2 heterocycles. The molecule has 1 aliphatic heterocycles. The van der Waals surface area contributed by atoms with Crippen LogP contribution >= 0.6 is 0 Å². The molecule has 1 atom stereocenters. The first-order valence-corrected chi connectivity index (χ1v) is 10.7. The maximum absolute atomic E-state index is 13.6. The molecule has 31 heavy (non-hydrogen) atoms. The highest BCUT2D eigenvalue weighted by atomic mass is 19.1. The largest absolute Gasteiger partial charge is 0.356 e. The summed E-state index contributed by atoms with van der Waals surface area (Å²) in [7, 11) is 0. The third kappa shape index (κ3) is 5.08. The predicted molar refractivity (Wildman–Crippen MR) is 120 cm³/mol. The molecule has 5 nitrogen and oxygen atoms in total. The van der Waals surface area contributed by atoms with Crippen molar-refractivity contribution in [3.63, 3.8) is 0 Å². The number of amides is 1. The number of nitrogens with zero attached hydrogens (tertiary/aromatic N) is 3. The maximum atomic E-state index is 13.6. The van der Waals surface area contributed by atoms with Gasteiger partial charge >= 0.3 is 0 Å². The number of halogens is 1. The zero-order chi connectivity index (χ0) is 21.8. The Bertz CT molecular complexity index is 1050. The molecule has 3 aromatic rings. The van der Waals surface area contributed by atoms with Crippen molar-refractivity contribution in [3.05, 3.63) is 77.9 Å². The molecule has 1 N–H and O–H groups in total. The zero-order valence-corrected chi connectivity index (χ0v) is 17.9. The third-order valence-electron chi connectivity index (χ3n) is 5.90. The molecule has 1 amide bonds. The summed E-state index contributed by atoms with van der Waals surface area (Å²) in [6.45, 7) is 5.57. The van der Waals surface area contributed by atoms with Gasteiger partial charge in [-0.3, -0.25) is 4.79 Å². The quantitative estimate of drug-likeness (QED) is 0.653. The lowest BCUT2D eigenvalue weighted by atomic mass is 9.95. The van der Waals surface area contributed by atoms with Crippen molar-refractivity contribution in [2.45, 2.75) is 32.7 Å². The fraction of sp³-hybridized carbons (Fsp3) is 0.320. The number of nitrogens with one attached hydrogen (secondary N) is 1. The Hall–Kier alpha value is -3.28. The molecular formula is C25H27FN4O. The van der Waals surface area contributed by atoms with Crippen LogP contribution in [0, 0.1) is 18.7 Å². The minimum absolute atomic E-state index is 0.00586. The normalized spacial score (nSPS) is 15.5. The van der Waals surface area contributed by atoms with Gasteiger partial charge in [-0.1, -0.05) is 42.0 Å². The Balaban J connectivity index is 1.36. The minimum atomic E-state index is -0.288. The van der Waals surface area contributed by atoms with E-state index in [1.54, 1.807) is 6.07 Å². The average Bonchev–Trinajstić information content (AvgIpc) is 2.79. The van der Waals surface area contributed by atoms with Crippen molar-refractivity contribution < 1.29 is 9.18 Å². The van der Waals surface area contributed by atoms with E-state index in [2.05, 4.69) is 51.4 Å². The van der Waals surface area contributed by atoms with Crippen LogP contribution in [-0.4, -0.2) is 29.0 Å². The summed E-state index contributed by atoms with van der Waals surface area (Å²) in [5.41, 5.74) is 3.74. The van der Waals surface area contributed by atoms with Crippen molar-refractivity contribution in [2.24, 2.45) is 5.92 Å². The van der Waals surface area contributed by atoms with Crippen LogP contribution in [0.5, 0.6) is 0 Å². The van der Waals surface area contributed by atoms with Gasteiger partial charge in [0.25, 0.3) is 0 Å². The summed E-state index contributed by atoms with van der Waals surface area (Å²) in [5, 5.41) is 3.16. The van der Waals surface area contributed by atoms with Gasteiger partial charge in [-0.25, -0.2) is 14.4 Å². The van der Waals surface area contributed by atoms with E-state index in [1.807, 2.05) is 19.1 Å². The maximum Gasteiger partial charge on any atom is 0.223 e. The lowest BCUT2D eigenvalue weighted by Crippen LogP contribution is -2.41. The van der Waals surface area contributed by atoms with E-state index in [4.69, 9.17) is 0 Å². The van der Waals surface area contributed by atoms with Crippen molar-refractivity contribution in [3.8, 4) is 11.3 Å². The second-order valence-electron chi connectivity index (χ2n) is 8.17. The number of hydrogen-bond acceptors (Lipinski definition) is 4. The van der Waals surface area contributed by atoms with Gasteiger partial charge in [0.1, 0.15) is 18.0 Å². The first-order valence-electron chi connectivity index (χ1n) is 10.7. The lowest BCUT2D eigenvalue weighted by Gasteiger charge is -2.32. The molecule has 0 radical (unpaired) electrons. The van der Waals surface area contributed by atoms with Crippen LogP contribution in [0.25, 0.3) is 11.3 Å². The van der Waals surface area contributed by atoms with Crippen LogP contribution in [-0.2, 0) is 4.79 Å². The van der Waals surface area contributed by atoms with Gasteiger partial charge in [0.05, 0.1) is 11.7 Å². The molecular weight excluding hydrogens is 391 g/mol. The van der Waals surface area contributed by atoms with E-state index in [9.17, 15) is 9.18 Å². The van der Waals surface area contributed by atoms with Gasteiger partial charge in [0.15, 0.2) is 0 Å². The molecule has 0 unspecified atom stereocenters. The molecule has 0 saturated carbocycles. The number of piperidine rings is 1. The number of benzene rings is 2. The van der Waals surface area contributed by atoms with Crippen LogP contribution in [0.15, 0.2) is 60.9 Å². The topological polar surface area (TPSA) is 58.1 Å². The van der Waals surface area contributed by atoms with Crippen LogP contribution in [0.3, 0.4) is 0 Å². The van der Waals surface area contributed by atoms with E-state index in [1.165, 1.54) is 24.0 Å². The fourth-order valence-electron chi connectivity index (χ4n) is 3.97. The molecule has 4 rings (SSSR count). The molecule has 6 heteroatoms. The Kier molecular flexibility index (Phi) is 6.26. The second kappa shape index (κ2) is 9.25. The highest BCUT2D eigenvalue weighted by Crippen LogP contribution is 2.26. The summed E-state index contributed by atoms with van der Waals surface area (Å²) in [4.78, 5) is 23.6. The molecule has 1 aromatic heterocycles. The van der Waals surface area contributed by atoms with Gasteiger partial charge in [0.2, 0.25) is 5.91 Å². The summed E-state index contributed by atoms with van der Waals surface area (Å²) < 4.78 is 13.6. The molecule has 0 spiro atoms. The Morgan fingerprint density at radius 2 is 1.84 bits per heavy atom. The van der Waals surface area contributed by atoms with E-state index < -0.39 is 0 Å². The fourth-order valence-corrected chi connectivity index (χ4v) is 3.97. The molecule has 0 aliphatic carbocycles. The number of carbonyl (C=O) groups excluding carboxylic acids is 1. The summed E-state index contributed by atoms with van der Waals surface area (Å²) >= 11 is 0. The van der Waals surface area contributed by atoms with Gasteiger partial charge in [0, 0.05) is 30.6 Å². The van der Waals surface area contributed by atoms with Crippen molar-refractivity contribution >= 4 is 11.7 Å². The Morgan fingerprint density at radius 1 is 1.10 bits per heavy atom. The molecule has 0 bridgehead atoms. The van der Waals surface area contributed by atoms with Crippen LogP contribution < -0.4 is 10.2 Å². The summed E-state index contributed by atoms with van der Waals surface area (Å²) in [5.74, 6) is 0.620. The highest BCUT2D eigenvalue weighted by Gasteiger charge is 2.26. The number of carbonyl (C=O) groups is 1. The lowest BCUT2D eigenvalue weighted by molar-refractivity contribution is -0.126. The van der Waals surface area contributed by atoms with Crippen LogP contribution in [0.2, 0.25) is 0 Å². The van der Waals surface area contributed by atoms with E-state index in [0.717, 1.165) is 42.9 Å². The Labute approximate surface area is 182 Å². The monoisotopic (exact) mass is 418 g/mol. The molecule has 1 fully saturated rings. The molecule has 1 aliphatic rings. The SMILES string of the molecule is Cc1ccc([C@H](C)NC(=O)C2CCN(c3cc(-c4cccc(F)c4)ncn3)CC2)cc1. The number of rotatable bonds is 5. The smallest absolute Gasteiger partial charge is 0.223 e. The van der Waals surface area contributed by atoms with Crippen LogP contribution in [0.4, 0.5) is 10.2 Å². The van der Waals surface area contributed by atoms with Gasteiger partial charge in [-0.15, -0.1) is 0 Å². The van der Waals surface area contributed by atoms with Crippen molar-refractivity contribution in [1.29, 1.82) is 0 Å². The first-order chi connectivity index (χ1) is 15.0. The molecule has 2 aromatic carbocycles. The van der Waals surface area contributed by atoms with Crippen molar-refractivity contribution in [1.82, 2.24) is 15.3 Å². The van der Waals surface area contributed by atoms with Gasteiger partial charge < -0.3 is 10.2 Å². The Morgan fingerprint density at radius 3 is 2.55 bits per heavy atom. The van der Waals surface area contributed by atoms with Crippen molar-refractivity contribution in [2.75, 3.05) is 18.0 Å². The molecule has 1 saturated heterocycles. The standard InChI is InChI=1S/C25H27FN4O/c1-17-6-8-19(9-7-17)18(2)29-25(31)20-10-12-30(13-11-20)24-15-23(27-16-28-24)21-4-3-5-22(26)14-21/h3-9,14-16,18,20H,10-13H2,1-2H3,(H,29,31)/t18-/m0/s1. The minimum Gasteiger partial charge on any atom is -0.356 e. The second-order valence-corrected chi connectivity index (χ2v) is 8.17. The van der Waals surface area contributed by atoms with E-state index >= 15 is 0 Å². The summed E-state index contributed by atoms with van der Waals surface area (Å²) in [6.07, 6.45) is 3.05. The van der Waals surface area contributed by atoms with Crippen LogP contribution in [0.1, 0.15) is 36.9 Å². The average molecular weight is 419 g/mol. The number of aromatic nitrogens is 2. The first kappa shape index (κ1) is 21.0. The van der Waals surface area contributed by atoms with Gasteiger partial charge in [-0.05, 0) is 44.4 Å². The van der Waals surface area contributed by atoms with E-state index in [-0.39, 0.29) is 23.7 Å². The van der Waals surface area contributed by atoms with Gasteiger partial charge in [-0.2, -0.15) is 0 Å². The number of aryl methyl sites for hydroxylation is 1. The highest BCUT2D eigenvalue weighted by molar-refractivity contribution is 5.79. The predicted octanol–water partition coefficient (Wildman–Crippen LogP) is 4.68. The summed E-state index contributed by atoms with van der Waals surface area (Å²) in [6, 6.07) is 16.5. The van der Waals surface area contributed by atoms with E-state index in [0.29, 0.717) is 5.69 Å². The number of anilines is 1. The zero-order valence-electron chi connectivity index (χ0n) is 17.9.